The molecule has 1 fully saturated rings. The van der Waals surface area contributed by atoms with Gasteiger partial charge in [-0.15, -0.1) is 0 Å². The second-order valence-corrected chi connectivity index (χ2v) is 5.66. The number of nitrogens with zero attached hydrogens (tertiary/aromatic N) is 1. The van der Waals surface area contributed by atoms with Crippen LogP contribution >= 0.6 is 0 Å². The van der Waals surface area contributed by atoms with Gasteiger partial charge < -0.3 is 14.8 Å². The van der Waals surface area contributed by atoms with Gasteiger partial charge in [0.05, 0.1) is 6.54 Å². The molecule has 2 heterocycles. The Labute approximate surface area is 125 Å². The molecule has 1 amide bonds. The Morgan fingerprint density at radius 3 is 2.57 bits per heavy atom. The maximum atomic E-state index is 12.2. The van der Waals surface area contributed by atoms with E-state index >= 15 is 0 Å². The number of carbonyl (C=O) groups is 1. The highest BCUT2D eigenvalue weighted by Crippen LogP contribution is 2.34. The number of ether oxygens (including phenoxy) is 2. The lowest BCUT2D eigenvalue weighted by atomic mass is 10.1. The summed E-state index contributed by atoms with van der Waals surface area (Å²) >= 11 is 0. The van der Waals surface area contributed by atoms with E-state index in [1.807, 2.05) is 18.2 Å². The lowest BCUT2D eigenvalue weighted by Crippen LogP contribution is -2.35. The molecular formula is C16H22N2O3. The van der Waals surface area contributed by atoms with Gasteiger partial charge in [0.2, 0.25) is 12.7 Å². The van der Waals surface area contributed by atoms with Crippen molar-refractivity contribution < 1.29 is 14.3 Å². The van der Waals surface area contributed by atoms with Crippen LogP contribution in [0.15, 0.2) is 18.2 Å². The smallest absolute Gasteiger partial charge is 0.238 e. The first-order chi connectivity index (χ1) is 10.3. The molecule has 1 saturated heterocycles. The SMILES string of the molecule is O=C(CN1CCCCCCC1)Nc1ccc2c(c1)OCO2. The minimum Gasteiger partial charge on any atom is -0.454 e. The third-order valence-corrected chi connectivity index (χ3v) is 3.97. The van der Waals surface area contributed by atoms with Gasteiger partial charge in [-0.3, -0.25) is 9.69 Å². The maximum absolute atomic E-state index is 12.2. The molecule has 21 heavy (non-hydrogen) atoms. The van der Waals surface area contributed by atoms with Crippen molar-refractivity contribution in [1.82, 2.24) is 4.90 Å². The van der Waals surface area contributed by atoms with Gasteiger partial charge in [0, 0.05) is 11.8 Å². The molecule has 2 aliphatic rings. The largest absolute Gasteiger partial charge is 0.454 e. The van der Waals surface area contributed by atoms with Crippen LogP contribution < -0.4 is 14.8 Å². The van der Waals surface area contributed by atoms with E-state index < -0.39 is 0 Å². The first-order valence-electron chi connectivity index (χ1n) is 7.73. The third-order valence-electron chi connectivity index (χ3n) is 3.97. The number of rotatable bonds is 3. The lowest BCUT2D eigenvalue weighted by molar-refractivity contribution is -0.117. The van der Waals surface area contributed by atoms with Crippen molar-refractivity contribution >= 4 is 11.6 Å². The van der Waals surface area contributed by atoms with Gasteiger partial charge >= 0.3 is 0 Å². The fraction of sp³-hybridized carbons (Fsp3) is 0.562. The molecule has 0 aromatic heterocycles. The van der Waals surface area contributed by atoms with Crippen LogP contribution in [0.2, 0.25) is 0 Å². The van der Waals surface area contributed by atoms with Crippen LogP contribution in [0.4, 0.5) is 5.69 Å². The number of amides is 1. The number of fused-ring (bicyclic) bond motifs is 1. The van der Waals surface area contributed by atoms with Gasteiger partial charge in [0.25, 0.3) is 0 Å². The highest BCUT2D eigenvalue weighted by Gasteiger charge is 2.16. The molecule has 0 unspecified atom stereocenters. The normalized spacial score (nSPS) is 18.9. The average Bonchev–Trinajstić information content (AvgIpc) is 2.89. The summed E-state index contributed by atoms with van der Waals surface area (Å²) in [5, 5.41) is 2.94. The summed E-state index contributed by atoms with van der Waals surface area (Å²) in [7, 11) is 0. The van der Waals surface area contributed by atoms with Crippen LogP contribution in [0.1, 0.15) is 32.1 Å². The number of hydrogen-bond acceptors (Lipinski definition) is 4. The molecule has 0 spiro atoms. The molecule has 1 aromatic carbocycles. The molecule has 1 aromatic rings. The number of benzene rings is 1. The Balaban J connectivity index is 1.53. The van der Waals surface area contributed by atoms with Crippen LogP contribution in [0.3, 0.4) is 0 Å². The molecule has 0 saturated carbocycles. The second kappa shape index (κ2) is 6.80. The quantitative estimate of drug-likeness (QED) is 0.929. The highest BCUT2D eigenvalue weighted by molar-refractivity contribution is 5.92. The van der Waals surface area contributed by atoms with Crippen molar-refractivity contribution in [3.05, 3.63) is 18.2 Å². The highest BCUT2D eigenvalue weighted by atomic mass is 16.7. The van der Waals surface area contributed by atoms with Crippen LogP contribution in [0, 0.1) is 0 Å². The topological polar surface area (TPSA) is 50.8 Å². The fourth-order valence-electron chi connectivity index (χ4n) is 2.85. The molecule has 5 heteroatoms. The van der Waals surface area contributed by atoms with Crippen LogP contribution in [-0.2, 0) is 4.79 Å². The maximum Gasteiger partial charge on any atom is 0.238 e. The molecule has 2 aliphatic heterocycles. The van der Waals surface area contributed by atoms with Gasteiger partial charge in [-0.1, -0.05) is 19.3 Å². The van der Waals surface area contributed by atoms with E-state index in [2.05, 4.69) is 10.2 Å². The summed E-state index contributed by atoms with van der Waals surface area (Å²) in [6.07, 6.45) is 6.27. The summed E-state index contributed by atoms with van der Waals surface area (Å²) in [5.74, 6) is 1.46. The number of nitrogens with one attached hydrogen (secondary N) is 1. The van der Waals surface area contributed by atoms with Gasteiger partial charge in [-0.2, -0.15) is 0 Å². The Bertz CT molecular complexity index is 496. The molecule has 1 N–H and O–H groups in total. The Morgan fingerprint density at radius 2 is 1.76 bits per heavy atom. The first-order valence-corrected chi connectivity index (χ1v) is 7.73. The van der Waals surface area contributed by atoms with E-state index in [4.69, 9.17) is 9.47 Å². The van der Waals surface area contributed by atoms with Gasteiger partial charge in [-0.25, -0.2) is 0 Å². The van der Waals surface area contributed by atoms with E-state index in [-0.39, 0.29) is 12.7 Å². The molecule has 0 atom stereocenters. The number of carbonyl (C=O) groups excluding carboxylic acids is 1. The minimum absolute atomic E-state index is 0.0365. The molecule has 3 rings (SSSR count). The predicted molar refractivity (Wildman–Crippen MR) is 80.7 cm³/mol. The standard InChI is InChI=1S/C16H22N2O3/c19-16(11-18-8-4-2-1-3-5-9-18)17-13-6-7-14-15(10-13)21-12-20-14/h6-7,10H,1-5,8-9,11-12H2,(H,17,19). The zero-order valence-corrected chi connectivity index (χ0v) is 12.3. The van der Waals surface area contributed by atoms with Crippen LogP contribution in [-0.4, -0.2) is 37.2 Å². The summed E-state index contributed by atoms with van der Waals surface area (Å²) in [4.78, 5) is 14.4. The third kappa shape index (κ3) is 3.88. The van der Waals surface area contributed by atoms with Crippen LogP contribution in [0.25, 0.3) is 0 Å². The van der Waals surface area contributed by atoms with Gasteiger partial charge in [0.15, 0.2) is 11.5 Å². The lowest BCUT2D eigenvalue weighted by Gasteiger charge is -2.23. The van der Waals surface area contributed by atoms with Crippen molar-refractivity contribution in [2.24, 2.45) is 0 Å². The van der Waals surface area contributed by atoms with E-state index in [1.54, 1.807) is 0 Å². The van der Waals surface area contributed by atoms with Crippen molar-refractivity contribution in [2.45, 2.75) is 32.1 Å². The fourth-order valence-corrected chi connectivity index (χ4v) is 2.85. The van der Waals surface area contributed by atoms with Crippen molar-refractivity contribution in [3.8, 4) is 11.5 Å². The molecule has 0 aliphatic carbocycles. The molecule has 114 valence electrons. The Morgan fingerprint density at radius 1 is 1.05 bits per heavy atom. The average molecular weight is 290 g/mol. The monoisotopic (exact) mass is 290 g/mol. The molecule has 5 nitrogen and oxygen atoms in total. The van der Waals surface area contributed by atoms with E-state index in [1.165, 1.54) is 32.1 Å². The number of likely N-dealkylation sites (tertiary alicyclic amines) is 1. The Kier molecular flexibility index (Phi) is 4.60. The number of anilines is 1. The second-order valence-electron chi connectivity index (χ2n) is 5.66. The molecule has 0 bridgehead atoms. The summed E-state index contributed by atoms with van der Waals surface area (Å²) in [5.41, 5.74) is 0.760. The summed E-state index contributed by atoms with van der Waals surface area (Å²) in [6, 6.07) is 5.49. The minimum atomic E-state index is 0.0365. The summed E-state index contributed by atoms with van der Waals surface area (Å²) < 4.78 is 10.6. The van der Waals surface area contributed by atoms with Crippen molar-refractivity contribution in [2.75, 3.05) is 31.7 Å². The predicted octanol–water partition coefficient (Wildman–Crippen LogP) is 2.62. The van der Waals surface area contributed by atoms with E-state index in [0.717, 1.165) is 24.5 Å². The zero-order chi connectivity index (χ0) is 14.5. The molecular weight excluding hydrogens is 268 g/mol. The van der Waals surface area contributed by atoms with E-state index in [9.17, 15) is 4.79 Å². The number of hydrogen-bond donors (Lipinski definition) is 1. The Hall–Kier alpha value is -1.75. The van der Waals surface area contributed by atoms with Gasteiger partial charge in [-0.05, 0) is 38.1 Å². The summed E-state index contributed by atoms with van der Waals surface area (Å²) in [6.45, 7) is 2.76. The van der Waals surface area contributed by atoms with Crippen molar-refractivity contribution in [3.63, 3.8) is 0 Å². The first kappa shape index (κ1) is 14.2. The van der Waals surface area contributed by atoms with Crippen LogP contribution in [0.5, 0.6) is 11.5 Å². The van der Waals surface area contributed by atoms with Gasteiger partial charge in [0.1, 0.15) is 0 Å². The van der Waals surface area contributed by atoms with Crippen molar-refractivity contribution in [1.29, 1.82) is 0 Å². The zero-order valence-electron chi connectivity index (χ0n) is 12.3. The molecule has 0 radical (unpaired) electrons. The van der Waals surface area contributed by atoms with E-state index in [0.29, 0.717) is 12.3 Å².